The zero-order valence-electron chi connectivity index (χ0n) is 17.1. The molecule has 2 aromatic heterocycles. The quantitative estimate of drug-likeness (QED) is 0.458. The highest BCUT2D eigenvalue weighted by atomic mass is 79.9. The molecule has 0 saturated carbocycles. The van der Waals surface area contributed by atoms with Crippen LogP contribution in [0.15, 0.2) is 56.5 Å². The SMILES string of the molecule is Cc1ccc(C)c(Oc2nc3c(c(=O)n(Cc4ccc(Br)cc4)c(=O)n3C)n2C)c1. The standard InChI is InChI=1S/C22H21BrN4O3/c1-13-5-6-14(2)17(11-13)30-21-24-19-18(25(21)3)20(28)27(22(29)26(19)4)12-15-7-9-16(23)10-8-15/h5-11H,12H2,1-4H3. The first-order valence-corrected chi connectivity index (χ1v) is 10.2. The Morgan fingerprint density at radius 2 is 1.70 bits per heavy atom. The van der Waals surface area contributed by atoms with Crippen LogP contribution in [0.1, 0.15) is 16.7 Å². The highest BCUT2D eigenvalue weighted by Crippen LogP contribution is 2.26. The minimum Gasteiger partial charge on any atom is -0.425 e. The molecule has 0 aliphatic rings. The molecule has 0 spiro atoms. The fourth-order valence-electron chi connectivity index (χ4n) is 3.34. The van der Waals surface area contributed by atoms with Crippen molar-refractivity contribution in [1.82, 2.24) is 18.7 Å². The number of ether oxygens (including phenoxy) is 1. The first-order chi connectivity index (χ1) is 14.3. The highest BCUT2D eigenvalue weighted by Gasteiger charge is 2.20. The van der Waals surface area contributed by atoms with Crippen LogP contribution in [-0.2, 0) is 20.6 Å². The van der Waals surface area contributed by atoms with Gasteiger partial charge in [-0.1, -0.05) is 40.2 Å². The van der Waals surface area contributed by atoms with Crippen LogP contribution in [0.25, 0.3) is 11.2 Å². The molecular weight excluding hydrogens is 448 g/mol. The van der Waals surface area contributed by atoms with Crippen LogP contribution in [0, 0.1) is 13.8 Å². The molecule has 4 rings (SSSR count). The van der Waals surface area contributed by atoms with Crippen molar-refractivity contribution in [1.29, 1.82) is 0 Å². The number of imidazole rings is 1. The van der Waals surface area contributed by atoms with E-state index in [1.807, 2.05) is 56.3 Å². The van der Waals surface area contributed by atoms with Crippen molar-refractivity contribution in [2.75, 3.05) is 0 Å². The average molecular weight is 469 g/mol. The Kier molecular flexibility index (Phi) is 5.11. The minimum absolute atomic E-state index is 0.174. The fourth-order valence-corrected chi connectivity index (χ4v) is 3.61. The molecule has 2 aromatic carbocycles. The summed E-state index contributed by atoms with van der Waals surface area (Å²) in [5.74, 6) is 0.661. The number of benzene rings is 2. The summed E-state index contributed by atoms with van der Waals surface area (Å²) in [6, 6.07) is 13.6. The third kappa shape index (κ3) is 3.47. The van der Waals surface area contributed by atoms with Gasteiger partial charge in [-0.15, -0.1) is 0 Å². The van der Waals surface area contributed by atoms with Gasteiger partial charge in [-0.25, -0.2) is 4.79 Å². The second kappa shape index (κ2) is 7.60. The van der Waals surface area contributed by atoms with Crippen LogP contribution < -0.4 is 16.0 Å². The lowest BCUT2D eigenvalue weighted by atomic mass is 10.1. The van der Waals surface area contributed by atoms with Gasteiger partial charge in [0, 0.05) is 18.6 Å². The number of hydrogen-bond donors (Lipinski definition) is 0. The van der Waals surface area contributed by atoms with E-state index in [9.17, 15) is 9.59 Å². The van der Waals surface area contributed by atoms with E-state index in [2.05, 4.69) is 20.9 Å². The minimum atomic E-state index is -0.424. The maximum Gasteiger partial charge on any atom is 0.332 e. The van der Waals surface area contributed by atoms with E-state index in [0.717, 1.165) is 21.2 Å². The predicted octanol–water partition coefficient (Wildman–Crippen LogP) is 3.65. The number of rotatable bonds is 4. The molecule has 30 heavy (non-hydrogen) atoms. The summed E-state index contributed by atoms with van der Waals surface area (Å²) in [5.41, 5.74) is 2.64. The smallest absolute Gasteiger partial charge is 0.332 e. The van der Waals surface area contributed by atoms with Gasteiger partial charge in [-0.05, 0) is 48.7 Å². The summed E-state index contributed by atoms with van der Waals surface area (Å²) in [7, 11) is 3.32. The number of aromatic nitrogens is 4. The van der Waals surface area contributed by atoms with Crippen molar-refractivity contribution in [2.45, 2.75) is 20.4 Å². The maximum atomic E-state index is 13.2. The lowest BCUT2D eigenvalue weighted by molar-refractivity contribution is 0.424. The van der Waals surface area contributed by atoms with Gasteiger partial charge in [-0.3, -0.25) is 18.5 Å². The van der Waals surface area contributed by atoms with E-state index < -0.39 is 11.2 Å². The molecule has 0 unspecified atom stereocenters. The normalized spacial score (nSPS) is 11.2. The molecule has 0 saturated heterocycles. The van der Waals surface area contributed by atoms with Gasteiger partial charge in [0.15, 0.2) is 11.2 Å². The molecule has 154 valence electrons. The third-order valence-corrected chi connectivity index (χ3v) is 5.65. The molecule has 7 nitrogen and oxygen atoms in total. The van der Waals surface area contributed by atoms with Crippen LogP contribution in [0.4, 0.5) is 0 Å². The first-order valence-electron chi connectivity index (χ1n) is 9.42. The van der Waals surface area contributed by atoms with E-state index in [0.29, 0.717) is 16.9 Å². The van der Waals surface area contributed by atoms with Crippen LogP contribution in [-0.4, -0.2) is 18.7 Å². The highest BCUT2D eigenvalue weighted by molar-refractivity contribution is 9.10. The maximum absolute atomic E-state index is 13.2. The third-order valence-electron chi connectivity index (χ3n) is 5.12. The predicted molar refractivity (Wildman–Crippen MR) is 119 cm³/mol. The van der Waals surface area contributed by atoms with Gasteiger partial charge >= 0.3 is 11.7 Å². The van der Waals surface area contributed by atoms with Gasteiger partial charge in [0.05, 0.1) is 6.54 Å². The topological polar surface area (TPSA) is 71.1 Å². The van der Waals surface area contributed by atoms with Crippen molar-refractivity contribution in [3.05, 3.63) is 84.5 Å². The van der Waals surface area contributed by atoms with Crippen molar-refractivity contribution in [3.63, 3.8) is 0 Å². The lowest BCUT2D eigenvalue weighted by Gasteiger charge is -2.09. The fraction of sp³-hybridized carbons (Fsp3) is 0.227. The monoisotopic (exact) mass is 468 g/mol. The van der Waals surface area contributed by atoms with Crippen LogP contribution >= 0.6 is 15.9 Å². The van der Waals surface area contributed by atoms with E-state index in [-0.39, 0.29) is 12.6 Å². The summed E-state index contributed by atoms with van der Waals surface area (Å²) in [4.78, 5) is 30.5. The molecule has 0 N–H and O–H groups in total. The second-order valence-corrected chi connectivity index (χ2v) is 8.27. The van der Waals surface area contributed by atoms with Crippen LogP contribution in [0.3, 0.4) is 0 Å². The van der Waals surface area contributed by atoms with E-state index in [1.54, 1.807) is 18.7 Å². The van der Waals surface area contributed by atoms with Crippen molar-refractivity contribution in [2.24, 2.45) is 14.1 Å². The Bertz CT molecular complexity index is 1380. The summed E-state index contributed by atoms with van der Waals surface area (Å²) < 4.78 is 11.1. The molecule has 0 atom stereocenters. The largest absolute Gasteiger partial charge is 0.425 e. The van der Waals surface area contributed by atoms with Gasteiger partial charge in [0.2, 0.25) is 0 Å². The van der Waals surface area contributed by atoms with Gasteiger partial charge in [0.1, 0.15) is 5.75 Å². The summed E-state index contributed by atoms with van der Waals surface area (Å²) in [5, 5.41) is 0. The number of nitrogens with zero attached hydrogens (tertiary/aromatic N) is 4. The summed E-state index contributed by atoms with van der Waals surface area (Å²) in [6.45, 7) is 4.09. The number of aryl methyl sites for hydroxylation is 4. The van der Waals surface area contributed by atoms with E-state index in [1.165, 1.54) is 9.13 Å². The van der Waals surface area contributed by atoms with Gasteiger partial charge < -0.3 is 4.74 Å². The first kappa shape index (κ1) is 20.2. The van der Waals surface area contributed by atoms with Crippen molar-refractivity contribution >= 4 is 27.1 Å². The number of fused-ring (bicyclic) bond motifs is 1. The molecule has 0 aliphatic heterocycles. The molecule has 0 bridgehead atoms. The molecule has 0 fully saturated rings. The van der Waals surface area contributed by atoms with Crippen molar-refractivity contribution < 1.29 is 4.74 Å². The molecule has 4 aromatic rings. The molecule has 0 aliphatic carbocycles. The zero-order valence-corrected chi connectivity index (χ0v) is 18.7. The molecule has 8 heteroatoms. The van der Waals surface area contributed by atoms with Crippen molar-refractivity contribution in [3.8, 4) is 11.8 Å². The molecular formula is C22H21BrN4O3. The van der Waals surface area contributed by atoms with E-state index >= 15 is 0 Å². The Morgan fingerprint density at radius 3 is 2.40 bits per heavy atom. The Balaban J connectivity index is 1.85. The Morgan fingerprint density at radius 1 is 1.00 bits per heavy atom. The second-order valence-electron chi connectivity index (χ2n) is 7.36. The zero-order chi connectivity index (χ0) is 21.6. The van der Waals surface area contributed by atoms with E-state index in [4.69, 9.17) is 4.74 Å². The average Bonchev–Trinajstić information content (AvgIpc) is 3.04. The molecule has 0 radical (unpaired) electrons. The van der Waals surface area contributed by atoms with Crippen LogP contribution in [0.2, 0.25) is 0 Å². The van der Waals surface area contributed by atoms with Gasteiger partial charge in [0.25, 0.3) is 5.56 Å². The summed E-state index contributed by atoms with van der Waals surface area (Å²) in [6.07, 6.45) is 0. The van der Waals surface area contributed by atoms with Gasteiger partial charge in [-0.2, -0.15) is 4.98 Å². The Labute approximate surface area is 181 Å². The van der Waals surface area contributed by atoms with Crippen LogP contribution in [0.5, 0.6) is 11.8 Å². The lowest BCUT2D eigenvalue weighted by Crippen LogP contribution is -2.39. The number of halogens is 1. The summed E-state index contributed by atoms with van der Waals surface area (Å²) >= 11 is 3.39. The molecule has 0 amide bonds. The Hall–Kier alpha value is -3.13. The molecule has 2 heterocycles. The number of hydrogen-bond acceptors (Lipinski definition) is 4.